The van der Waals surface area contributed by atoms with Gasteiger partial charge in [0, 0.05) is 44.0 Å². The molecule has 2 N–H and O–H groups in total. The average molecular weight is 373 g/mol. The number of hydrogen-bond acceptors (Lipinski definition) is 4. The van der Waals surface area contributed by atoms with Crippen LogP contribution in [0.1, 0.15) is 49.9 Å². The fourth-order valence-corrected chi connectivity index (χ4v) is 4.22. The number of nitrogens with zero attached hydrogens (tertiary/aromatic N) is 2. The maximum absolute atomic E-state index is 12.4. The Balaban J connectivity index is 1.48. The molecular formula is C21H32N4O2. The molecule has 1 aromatic rings. The van der Waals surface area contributed by atoms with Gasteiger partial charge >= 0.3 is 0 Å². The van der Waals surface area contributed by atoms with E-state index in [4.69, 9.17) is 0 Å². The molecule has 27 heavy (non-hydrogen) atoms. The monoisotopic (exact) mass is 372 g/mol. The fraction of sp³-hybridized carbons (Fsp3) is 0.667. The lowest BCUT2D eigenvalue weighted by Crippen LogP contribution is -2.57. The van der Waals surface area contributed by atoms with Crippen LogP contribution in [-0.4, -0.2) is 53.9 Å². The van der Waals surface area contributed by atoms with Gasteiger partial charge in [-0.25, -0.2) is 0 Å². The lowest BCUT2D eigenvalue weighted by Gasteiger charge is -2.37. The van der Waals surface area contributed by atoms with Crippen molar-refractivity contribution in [2.75, 3.05) is 26.2 Å². The van der Waals surface area contributed by atoms with E-state index in [9.17, 15) is 9.59 Å². The Kier molecular flexibility index (Phi) is 7.21. The minimum atomic E-state index is -0.335. The van der Waals surface area contributed by atoms with Gasteiger partial charge < -0.3 is 10.6 Å². The van der Waals surface area contributed by atoms with Crippen molar-refractivity contribution in [2.24, 2.45) is 5.92 Å². The van der Waals surface area contributed by atoms with Gasteiger partial charge in [0.2, 0.25) is 11.8 Å². The summed E-state index contributed by atoms with van der Waals surface area (Å²) in [7, 11) is 0. The third-order valence-electron chi connectivity index (χ3n) is 5.69. The van der Waals surface area contributed by atoms with Crippen molar-refractivity contribution in [3.05, 3.63) is 29.6 Å². The number of aromatic nitrogens is 1. The van der Waals surface area contributed by atoms with Crippen molar-refractivity contribution in [1.29, 1.82) is 0 Å². The Bertz CT molecular complexity index is 643. The van der Waals surface area contributed by atoms with Gasteiger partial charge in [-0.05, 0) is 37.8 Å². The van der Waals surface area contributed by atoms with E-state index in [1.807, 2.05) is 25.1 Å². The molecule has 148 valence electrons. The number of aryl methyl sites for hydroxylation is 1. The summed E-state index contributed by atoms with van der Waals surface area (Å²) in [6.45, 7) is 4.98. The molecule has 1 saturated carbocycles. The summed E-state index contributed by atoms with van der Waals surface area (Å²) in [6.07, 6.45) is 7.36. The van der Waals surface area contributed by atoms with Crippen LogP contribution in [0.3, 0.4) is 0 Å². The summed E-state index contributed by atoms with van der Waals surface area (Å²) in [5.74, 6) is 0.605. The fourth-order valence-electron chi connectivity index (χ4n) is 4.22. The summed E-state index contributed by atoms with van der Waals surface area (Å²) < 4.78 is 0. The lowest BCUT2D eigenvalue weighted by molar-refractivity contribution is -0.134. The van der Waals surface area contributed by atoms with Crippen molar-refractivity contribution in [1.82, 2.24) is 20.5 Å². The summed E-state index contributed by atoms with van der Waals surface area (Å²) in [5, 5.41) is 5.88. The second-order valence-corrected chi connectivity index (χ2v) is 7.88. The molecule has 2 aliphatic rings. The summed E-state index contributed by atoms with van der Waals surface area (Å²) >= 11 is 0. The Morgan fingerprint density at radius 2 is 2.11 bits per heavy atom. The highest BCUT2D eigenvalue weighted by molar-refractivity contribution is 5.88. The highest BCUT2D eigenvalue weighted by atomic mass is 16.2. The van der Waals surface area contributed by atoms with E-state index >= 15 is 0 Å². The van der Waals surface area contributed by atoms with Gasteiger partial charge in [0.15, 0.2) is 0 Å². The second-order valence-electron chi connectivity index (χ2n) is 7.88. The zero-order valence-electron chi connectivity index (χ0n) is 16.4. The number of carbonyl (C=O) groups excluding carboxylic acids is 2. The van der Waals surface area contributed by atoms with E-state index in [0.29, 0.717) is 25.4 Å². The van der Waals surface area contributed by atoms with E-state index in [0.717, 1.165) is 24.5 Å². The molecule has 2 fully saturated rings. The first-order valence-electron chi connectivity index (χ1n) is 10.3. The molecule has 1 saturated heterocycles. The van der Waals surface area contributed by atoms with Crippen LogP contribution in [0.5, 0.6) is 0 Å². The van der Waals surface area contributed by atoms with E-state index in [2.05, 4.69) is 20.5 Å². The topological polar surface area (TPSA) is 74.3 Å². The van der Waals surface area contributed by atoms with Gasteiger partial charge in [-0.1, -0.05) is 25.3 Å². The normalized spacial score (nSPS) is 21.7. The maximum Gasteiger partial charge on any atom is 0.237 e. The zero-order valence-corrected chi connectivity index (χ0v) is 16.4. The highest BCUT2D eigenvalue weighted by Gasteiger charge is 2.33. The highest BCUT2D eigenvalue weighted by Crippen LogP contribution is 2.25. The minimum Gasteiger partial charge on any atom is -0.356 e. The van der Waals surface area contributed by atoms with E-state index < -0.39 is 0 Å². The first kappa shape index (κ1) is 19.8. The molecule has 1 aromatic heterocycles. The van der Waals surface area contributed by atoms with Gasteiger partial charge in [0.25, 0.3) is 0 Å². The average Bonchev–Trinajstić information content (AvgIpc) is 2.65. The Hall–Kier alpha value is -1.95. The first-order valence-corrected chi connectivity index (χ1v) is 10.3. The summed E-state index contributed by atoms with van der Waals surface area (Å²) in [4.78, 5) is 31.5. The van der Waals surface area contributed by atoms with Gasteiger partial charge in [-0.3, -0.25) is 19.5 Å². The number of rotatable bonds is 7. The molecular weight excluding hydrogens is 340 g/mol. The number of pyridine rings is 1. The second kappa shape index (κ2) is 9.83. The molecule has 1 aliphatic carbocycles. The SMILES string of the molecule is Cc1cccc(CCNC(=O)CC2C(=O)NCCN2CC2CCCCC2)n1. The molecule has 2 heterocycles. The predicted octanol–water partition coefficient (Wildman–Crippen LogP) is 1.82. The Morgan fingerprint density at radius 3 is 2.89 bits per heavy atom. The number of nitrogens with one attached hydrogen (secondary N) is 2. The van der Waals surface area contributed by atoms with Crippen LogP contribution in [-0.2, 0) is 16.0 Å². The number of hydrogen-bond donors (Lipinski definition) is 2. The van der Waals surface area contributed by atoms with Gasteiger partial charge in [-0.15, -0.1) is 0 Å². The molecule has 0 spiro atoms. The van der Waals surface area contributed by atoms with E-state index in [1.165, 1.54) is 32.1 Å². The largest absolute Gasteiger partial charge is 0.356 e. The van der Waals surface area contributed by atoms with Crippen molar-refractivity contribution in [3.63, 3.8) is 0 Å². The molecule has 1 unspecified atom stereocenters. The maximum atomic E-state index is 12.4. The molecule has 0 aromatic carbocycles. The molecule has 3 rings (SSSR count). The molecule has 6 nitrogen and oxygen atoms in total. The van der Waals surface area contributed by atoms with E-state index in [1.54, 1.807) is 0 Å². The Labute approximate surface area is 162 Å². The van der Waals surface area contributed by atoms with Crippen LogP contribution in [0.15, 0.2) is 18.2 Å². The third kappa shape index (κ3) is 6.03. The molecule has 1 aliphatic heterocycles. The van der Waals surface area contributed by atoms with Crippen molar-refractivity contribution in [3.8, 4) is 0 Å². The molecule has 1 atom stereocenters. The summed E-state index contributed by atoms with van der Waals surface area (Å²) in [5.41, 5.74) is 1.96. The van der Waals surface area contributed by atoms with Crippen LogP contribution in [0.2, 0.25) is 0 Å². The smallest absolute Gasteiger partial charge is 0.237 e. The summed E-state index contributed by atoms with van der Waals surface area (Å²) in [6, 6.07) is 5.58. The van der Waals surface area contributed by atoms with E-state index in [-0.39, 0.29) is 24.3 Å². The molecule has 0 bridgehead atoms. The zero-order chi connectivity index (χ0) is 19.1. The van der Waals surface area contributed by atoms with Crippen LogP contribution in [0.25, 0.3) is 0 Å². The number of amides is 2. The quantitative estimate of drug-likeness (QED) is 0.766. The van der Waals surface area contributed by atoms with Gasteiger partial charge in [0.1, 0.15) is 0 Å². The van der Waals surface area contributed by atoms with Crippen molar-refractivity contribution in [2.45, 2.75) is 57.9 Å². The van der Waals surface area contributed by atoms with Crippen molar-refractivity contribution < 1.29 is 9.59 Å². The van der Waals surface area contributed by atoms with Crippen LogP contribution in [0.4, 0.5) is 0 Å². The Morgan fingerprint density at radius 1 is 1.30 bits per heavy atom. The van der Waals surface area contributed by atoms with Crippen LogP contribution >= 0.6 is 0 Å². The van der Waals surface area contributed by atoms with Gasteiger partial charge in [0.05, 0.1) is 12.5 Å². The predicted molar refractivity (Wildman–Crippen MR) is 105 cm³/mol. The molecule has 6 heteroatoms. The van der Waals surface area contributed by atoms with Crippen LogP contribution < -0.4 is 10.6 Å². The van der Waals surface area contributed by atoms with Crippen molar-refractivity contribution >= 4 is 11.8 Å². The van der Waals surface area contributed by atoms with Crippen LogP contribution in [0, 0.1) is 12.8 Å². The standard InChI is InChI=1S/C21H32N4O2/c1-16-6-5-9-18(24-16)10-11-22-20(26)14-19-21(27)23-12-13-25(19)15-17-7-3-2-4-8-17/h5-6,9,17,19H,2-4,7-8,10-15H2,1H3,(H,22,26)(H,23,27). The van der Waals surface area contributed by atoms with Gasteiger partial charge in [-0.2, -0.15) is 0 Å². The lowest BCUT2D eigenvalue weighted by atomic mass is 9.88. The minimum absolute atomic E-state index is 0.00689. The third-order valence-corrected chi connectivity index (χ3v) is 5.69. The number of carbonyl (C=O) groups is 2. The number of piperazine rings is 1. The molecule has 0 radical (unpaired) electrons. The first-order chi connectivity index (χ1) is 13.1. The molecule has 2 amide bonds.